The van der Waals surface area contributed by atoms with Crippen LogP contribution in [0.1, 0.15) is 52.4 Å². The predicted octanol–water partition coefficient (Wildman–Crippen LogP) is 6.05. The van der Waals surface area contributed by atoms with E-state index in [2.05, 4.69) is 24.1 Å². The highest BCUT2D eigenvalue weighted by Crippen LogP contribution is 2.28. The molecule has 0 spiro atoms. The number of pyridine rings is 1. The fourth-order valence-corrected chi connectivity index (χ4v) is 2.86. The Morgan fingerprint density at radius 2 is 1.95 bits per heavy atom. The number of aromatic nitrogens is 1. The van der Waals surface area contributed by atoms with E-state index in [0.717, 1.165) is 21.6 Å². The summed E-state index contributed by atoms with van der Waals surface area (Å²) in [6, 6.07) is 8.38. The summed E-state index contributed by atoms with van der Waals surface area (Å²) in [5.74, 6) is 0. The maximum atomic E-state index is 6.23. The van der Waals surface area contributed by atoms with Crippen LogP contribution in [0.5, 0.6) is 0 Å². The molecule has 0 bridgehead atoms. The second-order valence-corrected chi connectivity index (χ2v) is 6.15. The van der Waals surface area contributed by atoms with Crippen molar-refractivity contribution in [1.29, 1.82) is 0 Å². The van der Waals surface area contributed by atoms with Gasteiger partial charge in [-0.3, -0.25) is 4.98 Å². The maximum absolute atomic E-state index is 6.23. The zero-order valence-corrected chi connectivity index (χ0v) is 13.8. The van der Waals surface area contributed by atoms with Gasteiger partial charge in [0, 0.05) is 17.6 Å². The van der Waals surface area contributed by atoms with Crippen LogP contribution in [-0.4, -0.2) is 11.0 Å². The van der Waals surface area contributed by atoms with Crippen molar-refractivity contribution in [2.45, 2.75) is 58.4 Å². The van der Waals surface area contributed by atoms with Crippen molar-refractivity contribution in [2.75, 3.05) is 5.32 Å². The molecule has 0 aliphatic heterocycles. The average Bonchev–Trinajstić information content (AvgIpc) is 2.50. The van der Waals surface area contributed by atoms with Gasteiger partial charge in [0.2, 0.25) is 0 Å². The fourth-order valence-electron chi connectivity index (χ4n) is 2.65. The van der Waals surface area contributed by atoms with E-state index in [1.165, 1.54) is 38.5 Å². The first-order valence-corrected chi connectivity index (χ1v) is 8.40. The largest absolute Gasteiger partial charge is 0.381 e. The lowest BCUT2D eigenvalue weighted by molar-refractivity contribution is 0.578. The molecule has 3 heteroatoms. The molecule has 21 heavy (non-hydrogen) atoms. The minimum atomic E-state index is 0.456. The summed E-state index contributed by atoms with van der Waals surface area (Å²) in [7, 11) is 0. The van der Waals surface area contributed by atoms with Gasteiger partial charge < -0.3 is 5.32 Å². The molecule has 114 valence electrons. The lowest BCUT2D eigenvalue weighted by atomic mass is 10.1. The third-order valence-corrected chi connectivity index (χ3v) is 4.19. The summed E-state index contributed by atoms with van der Waals surface area (Å²) in [6.07, 6.45) is 9.64. The average molecular weight is 305 g/mol. The number of benzene rings is 1. The van der Waals surface area contributed by atoms with E-state index < -0.39 is 0 Å². The summed E-state index contributed by atoms with van der Waals surface area (Å²) in [5, 5.41) is 5.36. The molecule has 1 N–H and O–H groups in total. The number of hydrogen-bond acceptors (Lipinski definition) is 2. The van der Waals surface area contributed by atoms with Crippen molar-refractivity contribution in [2.24, 2.45) is 0 Å². The number of nitrogens with one attached hydrogen (secondary N) is 1. The highest BCUT2D eigenvalue weighted by atomic mass is 35.5. The molecule has 2 nitrogen and oxygen atoms in total. The number of anilines is 1. The van der Waals surface area contributed by atoms with Crippen LogP contribution in [0.3, 0.4) is 0 Å². The number of unbranched alkanes of at least 4 members (excludes halogenated alkanes) is 4. The minimum absolute atomic E-state index is 0.456. The van der Waals surface area contributed by atoms with Gasteiger partial charge in [-0.25, -0.2) is 0 Å². The van der Waals surface area contributed by atoms with Crippen LogP contribution in [-0.2, 0) is 0 Å². The first-order chi connectivity index (χ1) is 10.2. The molecule has 1 heterocycles. The van der Waals surface area contributed by atoms with E-state index in [-0.39, 0.29) is 0 Å². The van der Waals surface area contributed by atoms with Crippen molar-refractivity contribution < 1.29 is 0 Å². The molecular weight excluding hydrogens is 280 g/mol. The monoisotopic (exact) mass is 304 g/mol. The molecule has 0 fully saturated rings. The molecule has 0 aliphatic rings. The Morgan fingerprint density at radius 3 is 2.76 bits per heavy atom. The van der Waals surface area contributed by atoms with Crippen LogP contribution >= 0.6 is 11.6 Å². The van der Waals surface area contributed by atoms with Gasteiger partial charge in [-0.1, -0.05) is 50.6 Å². The molecule has 1 unspecified atom stereocenters. The Kier molecular flexibility index (Phi) is 6.31. The fraction of sp³-hybridized carbons (Fsp3) is 0.500. The minimum Gasteiger partial charge on any atom is -0.381 e. The standard InChI is InChI=1S/C18H25ClN2/c1-3-4-5-6-7-9-14(2)21-17-12-11-16(19)15-10-8-13-20-18(15)17/h8,10-14,21H,3-7,9H2,1-2H3. The van der Waals surface area contributed by atoms with Gasteiger partial charge in [-0.05, 0) is 37.6 Å². The van der Waals surface area contributed by atoms with Gasteiger partial charge in [0.1, 0.15) is 0 Å². The lowest BCUT2D eigenvalue weighted by Crippen LogP contribution is -2.15. The molecule has 0 saturated carbocycles. The van der Waals surface area contributed by atoms with Gasteiger partial charge in [0.15, 0.2) is 0 Å². The van der Waals surface area contributed by atoms with Crippen molar-refractivity contribution >= 4 is 28.2 Å². The maximum Gasteiger partial charge on any atom is 0.0948 e. The Bertz CT molecular complexity index is 568. The third-order valence-electron chi connectivity index (χ3n) is 3.86. The molecule has 0 aliphatic carbocycles. The third kappa shape index (κ3) is 4.60. The highest BCUT2D eigenvalue weighted by Gasteiger charge is 2.08. The van der Waals surface area contributed by atoms with Crippen LogP contribution in [0.25, 0.3) is 10.9 Å². The second kappa shape index (κ2) is 8.23. The van der Waals surface area contributed by atoms with Crippen LogP contribution in [0, 0.1) is 0 Å². The van der Waals surface area contributed by atoms with E-state index in [0.29, 0.717) is 6.04 Å². The quantitative estimate of drug-likeness (QED) is 0.600. The highest BCUT2D eigenvalue weighted by molar-refractivity contribution is 6.35. The van der Waals surface area contributed by atoms with E-state index in [9.17, 15) is 0 Å². The Hall–Kier alpha value is -1.28. The smallest absolute Gasteiger partial charge is 0.0948 e. The number of hydrogen-bond donors (Lipinski definition) is 1. The van der Waals surface area contributed by atoms with Crippen LogP contribution in [0.15, 0.2) is 30.5 Å². The summed E-state index contributed by atoms with van der Waals surface area (Å²) >= 11 is 6.23. The Labute approximate surface area is 132 Å². The van der Waals surface area contributed by atoms with E-state index in [4.69, 9.17) is 11.6 Å². The molecule has 1 aromatic heterocycles. The molecule has 1 atom stereocenters. The number of nitrogens with zero attached hydrogens (tertiary/aromatic N) is 1. The van der Waals surface area contributed by atoms with Crippen molar-refractivity contribution in [3.8, 4) is 0 Å². The van der Waals surface area contributed by atoms with E-state index in [1.54, 1.807) is 0 Å². The molecule has 0 saturated heterocycles. The molecule has 0 amide bonds. The molecule has 0 radical (unpaired) electrons. The van der Waals surface area contributed by atoms with Crippen molar-refractivity contribution in [3.05, 3.63) is 35.5 Å². The lowest BCUT2D eigenvalue weighted by Gasteiger charge is -2.16. The normalized spacial score (nSPS) is 12.5. The first-order valence-electron chi connectivity index (χ1n) is 8.02. The van der Waals surface area contributed by atoms with Gasteiger partial charge in [-0.2, -0.15) is 0 Å². The number of fused-ring (bicyclic) bond motifs is 1. The van der Waals surface area contributed by atoms with Gasteiger partial charge in [-0.15, -0.1) is 0 Å². The Morgan fingerprint density at radius 1 is 1.14 bits per heavy atom. The first kappa shape index (κ1) is 16.1. The van der Waals surface area contributed by atoms with E-state index >= 15 is 0 Å². The van der Waals surface area contributed by atoms with Crippen LogP contribution < -0.4 is 5.32 Å². The second-order valence-electron chi connectivity index (χ2n) is 5.74. The van der Waals surface area contributed by atoms with Crippen molar-refractivity contribution in [3.63, 3.8) is 0 Å². The van der Waals surface area contributed by atoms with E-state index in [1.807, 2.05) is 30.5 Å². The van der Waals surface area contributed by atoms with Gasteiger partial charge in [0.25, 0.3) is 0 Å². The van der Waals surface area contributed by atoms with Crippen LogP contribution in [0.4, 0.5) is 5.69 Å². The zero-order chi connectivity index (χ0) is 15.1. The van der Waals surface area contributed by atoms with Crippen molar-refractivity contribution in [1.82, 2.24) is 4.98 Å². The number of halogens is 1. The summed E-state index contributed by atoms with van der Waals surface area (Å²) in [5.41, 5.74) is 2.04. The number of rotatable bonds is 8. The van der Waals surface area contributed by atoms with Gasteiger partial charge in [0.05, 0.1) is 16.2 Å². The Balaban J connectivity index is 1.95. The zero-order valence-electron chi connectivity index (χ0n) is 13.0. The predicted molar refractivity (Wildman–Crippen MR) is 93.2 cm³/mol. The molecule has 2 rings (SSSR count). The molecule has 1 aromatic carbocycles. The topological polar surface area (TPSA) is 24.9 Å². The molecular formula is C18H25ClN2. The SMILES string of the molecule is CCCCCCCC(C)Nc1ccc(Cl)c2cccnc12. The summed E-state index contributed by atoms with van der Waals surface area (Å²) in [4.78, 5) is 4.47. The molecule has 2 aromatic rings. The summed E-state index contributed by atoms with van der Waals surface area (Å²) < 4.78 is 0. The summed E-state index contributed by atoms with van der Waals surface area (Å²) in [6.45, 7) is 4.49. The van der Waals surface area contributed by atoms with Gasteiger partial charge >= 0.3 is 0 Å². The van der Waals surface area contributed by atoms with Crippen LogP contribution in [0.2, 0.25) is 5.02 Å².